The normalized spacial score (nSPS) is 12.1. The van der Waals surface area contributed by atoms with E-state index in [1.54, 1.807) is 0 Å². The van der Waals surface area contributed by atoms with Gasteiger partial charge < -0.3 is 11.5 Å². The van der Waals surface area contributed by atoms with E-state index in [4.69, 9.17) is 11.5 Å². The Balaban J connectivity index is 2.93. The number of nitrogens with two attached hydrogens (primary N) is 2. The van der Waals surface area contributed by atoms with Crippen LogP contribution in [0.1, 0.15) is 18.0 Å². The van der Waals surface area contributed by atoms with Crippen LogP contribution >= 0.6 is 15.9 Å². The summed E-state index contributed by atoms with van der Waals surface area (Å²) in [7, 11) is 0. The van der Waals surface area contributed by atoms with Crippen LogP contribution in [0.4, 0.5) is 4.39 Å². The molecule has 1 aromatic rings. The summed E-state index contributed by atoms with van der Waals surface area (Å²) in [6, 6.07) is 7.21. The van der Waals surface area contributed by atoms with Crippen molar-refractivity contribution in [2.75, 3.05) is 6.67 Å². The van der Waals surface area contributed by atoms with Gasteiger partial charge in [0.25, 0.3) is 0 Å². The summed E-state index contributed by atoms with van der Waals surface area (Å²) in [6.45, 7) is -0.450. The number of aliphatic imine (C=N–C) groups is 1. The zero-order valence-corrected chi connectivity index (χ0v) is 9.74. The molecule has 0 aliphatic rings. The van der Waals surface area contributed by atoms with Gasteiger partial charge >= 0.3 is 0 Å². The summed E-state index contributed by atoms with van der Waals surface area (Å²) in [5.74, 6) is -0.0200. The van der Waals surface area contributed by atoms with Gasteiger partial charge in [-0.1, -0.05) is 28.1 Å². The standard InChI is InChI=1S/C10H13BrFN3/c11-8-3-1-2-7(6-8)9(4-5-12)15-10(13)14/h1-3,6,9H,4-5H2,(H4,13,14,15). The molecule has 15 heavy (non-hydrogen) atoms. The van der Waals surface area contributed by atoms with Crippen molar-refractivity contribution < 1.29 is 4.39 Å². The van der Waals surface area contributed by atoms with Gasteiger partial charge in [-0.05, 0) is 17.7 Å². The van der Waals surface area contributed by atoms with Gasteiger partial charge in [0.2, 0.25) is 0 Å². The van der Waals surface area contributed by atoms with Crippen LogP contribution in [0.25, 0.3) is 0 Å². The molecule has 0 radical (unpaired) electrons. The Hall–Kier alpha value is -1.10. The van der Waals surface area contributed by atoms with E-state index >= 15 is 0 Å². The van der Waals surface area contributed by atoms with Crippen LogP contribution < -0.4 is 11.5 Å². The second-order valence-corrected chi connectivity index (χ2v) is 4.02. The van der Waals surface area contributed by atoms with Gasteiger partial charge in [0.15, 0.2) is 5.96 Å². The maximum absolute atomic E-state index is 12.3. The van der Waals surface area contributed by atoms with Gasteiger partial charge in [0, 0.05) is 10.9 Å². The first-order valence-corrected chi connectivity index (χ1v) is 5.33. The molecule has 0 spiro atoms. The van der Waals surface area contributed by atoms with Gasteiger partial charge in [-0.3, -0.25) is 4.39 Å². The van der Waals surface area contributed by atoms with E-state index in [1.807, 2.05) is 24.3 Å². The fourth-order valence-electron chi connectivity index (χ4n) is 1.30. The second kappa shape index (κ2) is 5.70. The Morgan fingerprint density at radius 1 is 1.47 bits per heavy atom. The summed E-state index contributed by atoms with van der Waals surface area (Å²) >= 11 is 3.34. The Bertz CT molecular complexity index is 350. The summed E-state index contributed by atoms with van der Waals surface area (Å²) in [6.07, 6.45) is 0.286. The first-order chi connectivity index (χ1) is 7.13. The van der Waals surface area contributed by atoms with E-state index in [9.17, 15) is 4.39 Å². The fraction of sp³-hybridized carbons (Fsp3) is 0.300. The minimum Gasteiger partial charge on any atom is -0.370 e. The molecule has 0 aliphatic carbocycles. The lowest BCUT2D eigenvalue weighted by atomic mass is 10.1. The lowest BCUT2D eigenvalue weighted by Crippen LogP contribution is -2.23. The first-order valence-electron chi connectivity index (χ1n) is 4.53. The lowest BCUT2D eigenvalue weighted by Gasteiger charge is -2.11. The van der Waals surface area contributed by atoms with Gasteiger partial charge in [-0.2, -0.15) is 0 Å². The largest absolute Gasteiger partial charge is 0.370 e. The smallest absolute Gasteiger partial charge is 0.186 e. The van der Waals surface area contributed by atoms with Crippen molar-refractivity contribution >= 4 is 21.9 Å². The van der Waals surface area contributed by atoms with Crippen molar-refractivity contribution in [3.8, 4) is 0 Å². The maximum Gasteiger partial charge on any atom is 0.186 e. The molecule has 0 heterocycles. The van der Waals surface area contributed by atoms with Crippen molar-refractivity contribution in [1.82, 2.24) is 0 Å². The molecule has 1 rings (SSSR count). The van der Waals surface area contributed by atoms with Crippen molar-refractivity contribution in [1.29, 1.82) is 0 Å². The summed E-state index contributed by atoms with van der Waals surface area (Å²) < 4.78 is 13.2. The highest BCUT2D eigenvalue weighted by Gasteiger charge is 2.10. The van der Waals surface area contributed by atoms with Crippen LogP contribution in [0, 0.1) is 0 Å². The minimum atomic E-state index is -0.450. The average Bonchev–Trinajstić information content (AvgIpc) is 2.16. The van der Waals surface area contributed by atoms with Crippen molar-refractivity contribution in [2.24, 2.45) is 16.5 Å². The van der Waals surface area contributed by atoms with Gasteiger partial charge in [0.1, 0.15) is 0 Å². The van der Waals surface area contributed by atoms with Gasteiger partial charge in [-0.15, -0.1) is 0 Å². The average molecular weight is 274 g/mol. The third kappa shape index (κ3) is 3.87. The second-order valence-electron chi connectivity index (χ2n) is 3.10. The fourth-order valence-corrected chi connectivity index (χ4v) is 1.72. The van der Waals surface area contributed by atoms with Crippen LogP contribution in [0.2, 0.25) is 0 Å². The molecule has 0 amide bonds. The SMILES string of the molecule is NC(N)=NC(CCF)c1cccc(Br)c1. The maximum atomic E-state index is 12.3. The molecular weight excluding hydrogens is 261 g/mol. The molecule has 0 aromatic heterocycles. The summed E-state index contributed by atoms with van der Waals surface area (Å²) in [5, 5.41) is 0. The number of hydrogen-bond acceptors (Lipinski definition) is 1. The molecule has 1 atom stereocenters. The topological polar surface area (TPSA) is 64.4 Å². The van der Waals surface area contributed by atoms with Crippen LogP contribution in [0.3, 0.4) is 0 Å². The molecular formula is C10H13BrFN3. The highest BCUT2D eigenvalue weighted by atomic mass is 79.9. The zero-order chi connectivity index (χ0) is 11.3. The van der Waals surface area contributed by atoms with E-state index < -0.39 is 6.67 Å². The third-order valence-corrected chi connectivity index (χ3v) is 2.41. The monoisotopic (exact) mass is 273 g/mol. The number of alkyl halides is 1. The van der Waals surface area contributed by atoms with Crippen molar-refractivity contribution in [3.63, 3.8) is 0 Å². The van der Waals surface area contributed by atoms with Crippen LogP contribution in [-0.4, -0.2) is 12.6 Å². The summed E-state index contributed by atoms with van der Waals surface area (Å²) in [4.78, 5) is 3.99. The number of nitrogens with zero attached hydrogens (tertiary/aromatic N) is 1. The lowest BCUT2D eigenvalue weighted by molar-refractivity contribution is 0.442. The molecule has 0 saturated carbocycles. The van der Waals surface area contributed by atoms with E-state index in [2.05, 4.69) is 20.9 Å². The van der Waals surface area contributed by atoms with Crippen molar-refractivity contribution in [3.05, 3.63) is 34.3 Å². The number of benzene rings is 1. The molecule has 5 heteroatoms. The Labute approximate surface area is 96.5 Å². The third-order valence-electron chi connectivity index (χ3n) is 1.92. The van der Waals surface area contributed by atoms with E-state index in [-0.39, 0.29) is 18.4 Å². The van der Waals surface area contributed by atoms with Crippen LogP contribution in [0.5, 0.6) is 0 Å². The highest BCUT2D eigenvalue weighted by Crippen LogP contribution is 2.24. The van der Waals surface area contributed by atoms with E-state index in [0.29, 0.717) is 0 Å². The Kier molecular flexibility index (Phi) is 4.55. The molecule has 4 N–H and O–H groups in total. The zero-order valence-electron chi connectivity index (χ0n) is 8.16. The highest BCUT2D eigenvalue weighted by molar-refractivity contribution is 9.10. The molecule has 1 unspecified atom stereocenters. The molecule has 0 bridgehead atoms. The predicted molar refractivity (Wildman–Crippen MR) is 63.3 cm³/mol. The number of guanidine groups is 1. The number of halogens is 2. The molecule has 0 aliphatic heterocycles. The van der Waals surface area contributed by atoms with Crippen LogP contribution in [-0.2, 0) is 0 Å². The Morgan fingerprint density at radius 2 is 2.20 bits per heavy atom. The Morgan fingerprint density at radius 3 is 2.73 bits per heavy atom. The molecule has 3 nitrogen and oxygen atoms in total. The summed E-state index contributed by atoms with van der Waals surface area (Å²) in [5.41, 5.74) is 11.5. The number of rotatable bonds is 4. The van der Waals surface area contributed by atoms with E-state index in [0.717, 1.165) is 10.0 Å². The molecule has 0 saturated heterocycles. The predicted octanol–water partition coefficient (Wildman–Crippen LogP) is 2.12. The molecule has 1 aromatic carbocycles. The quantitative estimate of drug-likeness (QED) is 0.652. The first kappa shape index (κ1) is 12.0. The van der Waals surface area contributed by atoms with Gasteiger partial charge in [-0.25, -0.2) is 4.99 Å². The number of hydrogen-bond donors (Lipinski definition) is 2. The minimum absolute atomic E-state index is 0.0200. The molecule has 0 fully saturated rings. The van der Waals surface area contributed by atoms with Crippen molar-refractivity contribution in [2.45, 2.75) is 12.5 Å². The molecule has 82 valence electrons. The van der Waals surface area contributed by atoms with E-state index in [1.165, 1.54) is 0 Å². The van der Waals surface area contributed by atoms with Gasteiger partial charge in [0.05, 0.1) is 12.7 Å². The van der Waals surface area contributed by atoms with Crippen LogP contribution in [0.15, 0.2) is 33.7 Å².